The average molecular weight is 274 g/mol. The number of nitrogens with zero attached hydrogens (tertiary/aromatic N) is 2. The quantitative estimate of drug-likeness (QED) is 0.626. The van der Waals surface area contributed by atoms with Gasteiger partial charge in [-0.1, -0.05) is 18.2 Å². The number of nitrogens with one attached hydrogen (secondary N) is 1. The Morgan fingerprint density at radius 2 is 2.00 bits per heavy atom. The van der Waals surface area contributed by atoms with Gasteiger partial charge in [-0.15, -0.1) is 0 Å². The van der Waals surface area contributed by atoms with Crippen LogP contribution in [0.5, 0.6) is 0 Å². The van der Waals surface area contributed by atoms with Gasteiger partial charge in [0, 0.05) is 12.8 Å². The number of hydrogen-bond donors (Lipinski definition) is 2. The van der Waals surface area contributed by atoms with Crippen LogP contribution >= 0.6 is 0 Å². The Kier molecular flexibility index (Phi) is 4.54. The number of ether oxygens (including phenoxy) is 1. The van der Waals surface area contributed by atoms with Crippen LogP contribution in [0.2, 0.25) is 0 Å². The molecule has 1 aromatic carbocycles. The molecule has 0 fully saturated rings. The monoisotopic (exact) mass is 274 g/mol. The summed E-state index contributed by atoms with van der Waals surface area (Å²) in [5.41, 5.74) is 4.39. The van der Waals surface area contributed by atoms with E-state index in [1.54, 1.807) is 6.20 Å². The summed E-state index contributed by atoms with van der Waals surface area (Å²) >= 11 is 0. The molecule has 1 atom stereocenters. The van der Waals surface area contributed by atoms with Crippen LogP contribution in [0.3, 0.4) is 0 Å². The van der Waals surface area contributed by atoms with Crippen LogP contribution in [0.1, 0.15) is 32.5 Å². The van der Waals surface area contributed by atoms with E-state index >= 15 is 0 Å². The van der Waals surface area contributed by atoms with Crippen molar-refractivity contribution in [1.29, 1.82) is 0 Å². The molecule has 1 unspecified atom stereocenters. The summed E-state index contributed by atoms with van der Waals surface area (Å²) in [5, 5.41) is 4.39. The number of para-hydroxylation sites is 1. The van der Waals surface area contributed by atoms with E-state index in [-0.39, 0.29) is 6.04 Å². The predicted molar refractivity (Wildman–Crippen MR) is 79.3 cm³/mol. The highest BCUT2D eigenvalue weighted by Gasteiger charge is 2.33. The van der Waals surface area contributed by atoms with Gasteiger partial charge in [-0.2, -0.15) is 5.10 Å². The van der Waals surface area contributed by atoms with Gasteiger partial charge in [0.15, 0.2) is 0 Å². The molecule has 1 heterocycles. The summed E-state index contributed by atoms with van der Waals surface area (Å²) in [6.45, 7) is 6.64. The first-order chi connectivity index (χ1) is 9.60. The number of rotatable bonds is 6. The van der Waals surface area contributed by atoms with Crippen molar-refractivity contribution in [3.05, 3.63) is 48.3 Å². The first-order valence-corrected chi connectivity index (χ1v) is 6.79. The second-order valence-corrected chi connectivity index (χ2v) is 5.14. The highest BCUT2D eigenvalue weighted by molar-refractivity contribution is 5.33. The normalized spacial score (nSPS) is 13.4. The van der Waals surface area contributed by atoms with Crippen molar-refractivity contribution >= 4 is 0 Å². The summed E-state index contributed by atoms with van der Waals surface area (Å²) in [4.78, 5) is 0. The van der Waals surface area contributed by atoms with Crippen molar-refractivity contribution in [1.82, 2.24) is 15.2 Å². The first-order valence-electron chi connectivity index (χ1n) is 6.79. The topological polar surface area (TPSA) is 65.1 Å². The van der Waals surface area contributed by atoms with Crippen LogP contribution in [-0.2, 0) is 4.74 Å². The zero-order valence-electron chi connectivity index (χ0n) is 12.2. The fraction of sp³-hybridized carbons (Fsp3) is 0.400. The number of hydrazine groups is 1. The molecule has 1 aromatic heterocycles. The third-order valence-electron chi connectivity index (χ3n) is 3.35. The van der Waals surface area contributed by atoms with Gasteiger partial charge in [-0.3, -0.25) is 5.84 Å². The van der Waals surface area contributed by atoms with Gasteiger partial charge in [-0.05, 0) is 39.0 Å². The molecule has 0 aliphatic carbocycles. The molecule has 0 saturated heterocycles. The maximum atomic E-state index is 5.81. The Morgan fingerprint density at radius 1 is 1.30 bits per heavy atom. The SMILES string of the molecule is CCOC(C)(C)C(NN)c1ccnn1-c1ccccc1. The average Bonchev–Trinajstić information content (AvgIpc) is 2.89. The van der Waals surface area contributed by atoms with Crippen molar-refractivity contribution in [2.24, 2.45) is 5.84 Å². The van der Waals surface area contributed by atoms with Crippen LogP contribution in [0.4, 0.5) is 0 Å². The molecule has 0 saturated carbocycles. The van der Waals surface area contributed by atoms with E-state index in [1.807, 2.05) is 61.9 Å². The minimum atomic E-state index is -0.434. The van der Waals surface area contributed by atoms with Gasteiger partial charge in [0.1, 0.15) is 0 Å². The second-order valence-electron chi connectivity index (χ2n) is 5.14. The van der Waals surface area contributed by atoms with Crippen molar-refractivity contribution in [3.8, 4) is 5.69 Å². The zero-order valence-corrected chi connectivity index (χ0v) is 12.2. The van der Waals surface area contributed by atoms with E-state index in [0.29, 0.717) is 6.61 Å². The molecular weight excluding hydrogens is 252 g/mol. The third-order valence-corrected chi connectivity index (χ3v) is 3.35. The minimum Gasteiger partial charge on any atom is -0.374 e. The Labute approximate surface area is 119 Å². The molecule has 0 aliphatic rings. The van der Waals surface area contributed by atoms with Crippen LogP contribution in [0.15, 0.2) is 42.6 Å². The molecule has 0 amide bonds. The lowest BCUT2D eigenvalue weighted by Crippen LogP contribution is -2.45. The summed E-state index contributed by atoms with van der Waals surface area (Å²) in [6.07, 6.45) is 1.77. The largest absolute Gasteiger partial charge is 0.374 e. The summed E-state index contributed by atoms with van der Waals surface area (Å²) in [6, 6.07) is 11.8. The van der Waals surface area contributed by atoms with E-state index in [1.165, 1.54) is 0 Å². The lowest BCUT2D eigenvalue weighted by Gasteiger charge is -2.33. The first kappa shape index (κ1) is 14.7. The molecule has 3 N–H and O–H groups in total. The smallest absolute Gasteiger partial charge is 0.0917 e. The van der Waals surface area contributed by atoms with E-state index in [2.05, 4.69) is 10.5 Å². The van der Waals surface area contributed by atoms with Gasteiger partial charge in [0.05, 0.1) is 23.0 Å². The van der Waals surface area contributed by atoms with Crippen LogP contribution in [0.25, 0.3) is 5.69 Å². The van der Waals surface area contributed by atoms with Crippen molar-refractivity contribution in [3.63, 3.8) is 0 Å². The Morgan fingerprint density at radius 3 is 2.60 bits per heavy atom. The Balaban J connectivity index is 2.40. The van der Waals surface area contributed by atoms with E-state index in [0.717, 1.165) is 11.4 Å². The molecular formula is C15H22N4O. The molecule has 2 rings (SSSR count). The second kappa shape index (κ2) is 6.17. The molecule has 108 valence electrons. The molecule has 0 aliphatic heterocycles. The van der Waals surface area contributed by atoms with Crippen LogP contribution in [0, 0.1) is 0 Å². The maximum absolute atomic E-state index is 5.81. The lowest BCUT2D eigenvalue weighted by molar-refractivity contribution is -0.0407. The van der Waals surface area contributed by atoms with Crippen molar-refractivity contribution in [2.75, 3.05) is 6.61 Å². The molecule has 0 bridgehead atoms. The number of nitrogens with two attached hydrogens (primary N) is 1. The standard InChI is InChI=1S/C15H22N4O/c1-4-20-15(2,3)14(18-16)13-10-11-17-19(13)12-8-6-5-7-9-12/h5-11,14,18H,4,16H2,1-3H3. The number of benzene rings is 1. The fourth-order valence-corrected chi connectivity index (χ4v) is 2.41. The summed E-state index contributed by atoms with van der Waals surface area (Å²) < 4.78 is 7.69. The fourth-order valence-electron chi connectivity index (χ4n) is 2.41. The molecule has 20 heavy (non-hydrogen) atoms. The predicted octanol–water partition coefficient (Wildman–Crippen LogP) is 2.19. The summed E-state index contributed by atoms with van der Waals surface area (Å²) in [7, 11) is 0. The van der Waals surface area contributed by atoms with Crippen molar-refractivity contribution in [2.45, 2.75) is 32.4 Å². The van der Waals surface area contributed by atoms with Gasteiger partial charge < -0.3 is 4.74 Å². The number of hydrogen-bond acceptors (Lipinski definition) is 4. The van der Waals surface area contributed by atoms with Crippen LogP contribution in [-0.4, -0.2) is 22.0 Å². The Hall–Kier alpha value is -1.69. The molecule has 5 heteroatoms. The lowest BCUT2D eigenvalue weighted by atomic mass is 9.96. The third kappa shape index (κ3) is 2.90. The Bertz CT molecular complexity index is 536. The molecule has 2 aromatic rings. The van der Waals surface area contributed by atoms with Crippen molar-refractivity contribution < 1.29 is 4.74 Å². The van der Waals surface area contributed by atoms with E-state index in [4.69, 9.17) is 10.6 Å². The van der Waals surface area contributed by atoms with Gasteiger partial charge >= 0.3 is 0 Å². The van der Waals surface area contributed by atoms with Gasteiger partial charge in [0.2, 0.25) is 0 Å². The van der Waals surface area contributed by atoms with Gasteiger partial charge in [-0.25, -0.2) is 10.1 Å². The maximum Gasteiger partial charge on any atom is 0.0917 e. The molecule has 5 nitrogen and oxygen atoms in total. The highest BCUT2D eigenvalue weighted by atomic mass is 16.5. The summed E-state index contributed by atoms with van der Waals surface area (Å²) in [5.74, 6) is 5.76. The van der Waals surface area contributed by atoms with E-state index in [9.17, 15) is 0 Å². The number of aromatic nitrogens is 2. The van der Waals surface area contributed by atoms with Crippen LogP contribution < -0.4 is 11.3 Å². The minimum absolute atomic E-state index is 0.162. The molecule has 0 radical (unpaired) electrons. The van der Waals surface area contributed by atoms with Gasteiger partial charge in [0.25, 0.3) is 0 Å². The molecule has 0 spiro atoms. The highest BCUT2D eigenvalue weighted by Crippen LogP contribution is 2.29. The van der Waals surface area contributed by atoms with E-state index < -0.39 is 5.60 Å². The zero-order chi connectivity index (χ0) is 14.6.